The van der Waals surface area contributed by atoms with Crippen molar-refractivity contribution in [2.24, 2.45) is 0 Å². The molecule has 0 saturated heterocycles. The Morgan fingerprint density at radius 2 is 2.00 bits per heavy atom. The third-order valence-electron chi connectivity index (χ3n) is 1.33. The SMILES string of the molecule is O=C([O-])c1cc(I)cc([N+](=O)[O-])c1. The van der Waals surface area contributed by atoms with Crippen molar-refractivity contribution in [1.82, 2.24) is 0 Å². The average Bonchev–Trinajstić information content (AvgIpc) is 2.03. The highest BCUT2D eigenvalue weighted by atomic mass is 127. The quantitative estimate of drug-likeness (QED) is 0.453. The molecule has 0 aliphatic carbocycles. The first-order valence-corrected chi connectivity index (χ1v) is 4.25. The lowest BCUT2D eigenvalue weighted by Crippen LogP contribution is -2.22. The molecule has 0 unspecified atom stereocenters. The Hall–Kier alpha value is -1.18. The van der Waals surface area contributed by atoms with E-state index in [1.807, 2.05) is 0 Å². The zero-order valence-electron chi connectivity index (χ0n) is 6.19. The molecule has 6 heteroatoms. The normalized spacial score (nSPS) is 9.62. The molecule has 13 heavy (non-hydrogen) atoms. The number of hydrogen-bond donors (Lipinski definition) is 0. The zero-order chi connectivity index (χ0) is 10.0. The topological polar surface area (TPSA) is 83.3 Å². The Bertz CT molecular complexity index is 345. The third kappa shape index (κ3) is 2.38. The molecule has 0 spiro atoms. The van der Waals surface area contributed by atoms with Crippen LogP contribution >= 0.6 is 22.6 Å². The predicted molar refractivity (Wildman–Crippen MR) is 50.1 cm³/mol. The van der Waals surface area contributed by atoms with Crippen LogP contribution in [0, 0.1) is 13.7 Å². The van der Waals surface area contributed by atoms with Crippen molar-refractivity contribution >= 4 is 34.2 Å². The van der Waals surface area contributed by atoms with Crippen LogP contribution in [0.5, 0.6) is 0 Å². The molecule has 0 radical (unpaired) electrons. The van der Waals surface area contributed by atoms with Crippen LogP contribution in [0.4, 0.5) is 5.69 Å². The summed E-state index contributed by atoms with van der Waals surface area (Å²) >= 11 is 1.80. The Morgan fingerprint density at radius 3 is 2.46 bits per heavy atom. The largest absolute Gasteiger partial charge is 0.545 e. The minimum atomic E-state index is -1.42. The Balaban J connectivity index is 3.26. The summed E-state index contributed by atoms with van der Waals surface area (Å²) in [5, 5.41) is 20.7. The molecule has 0 amide bonds. The van der Waals surface area contributed by atoms with E-state index in [4.69, 9.17) is 0 Å². The molecule has 0 fully saturated rings. The maximum atomic E-state index is 10.4. The summed E-state index contributed by atoms with van der Waals surface area (Å²) < 4.78 is 0.492. The van der Waals surface area contributed by atoms with Crippen molar-refractivity contribution in [3.8, 4) is 0 Å². The number of hydrogen-bond acceptors (Lipinski definition) is 4. The van der Waals surface area contributed by atoms with Crippen molar-refractivity contribution in [2.45, 2.75) is 0 Å². The number of halogens is 1. The van der Waals surface area contributed by atoms with Gasteiger partial charge in [0.1, 0.15) is 0 Å². The van der Waals surface area contributed by atoms with Crippen molar-refractivity contribution in [1.29, 1.82) is 0 Å². The molecule has 0 heterocycles. The zero-order valence-corrected chi connectivity index (χ0v) is 8.35. The van der Waals surface area contributed by atoms with Gasteiger partial charge in [0, 0.05) is 21.3 Å². The standard InChI is InChI=1S/C7H4INO4/c8-5-1-4(7(10)11)2-6(3-5)9(12)13/h1-3H,(H,10,11)/p-1. The first kappa shape index (κ1) is 9.90. The Labute approximate surface area is 86.7 Å². The molecule has 0 saturated carbocycles. The number of rotatable bonds is 2. The number of carboxylic acid groups (broad SMARTS) is 1. The number of carboxylic acids is 1. The van der Waals surface area contributed by atoms with E-state index in [0.717, 1.165) is 6.07 Å². The van der Waals surface area contributed by atoms with Gasteiger partial charge in [-0.1, -0.05) is 0 Å². The van der Waals surface area contributed by atoms with E-state index in [1.54, 1.807) is 22.6 Å². The van der Waals surface area contributed by atoms with Crippen molar-refractivity contribution in [3.63, 3.8) is 0 Å². The van der Waals surface area contributed by atoms with Gasteiger partial charge in [-0.15, -0.1) is 0 Å². The van der Waals surface area contributed by atoms with Crippen LogP contribution in [0.2, 0.25) is 0 Å². The van der Waals surface area contributed by atoms with Gasteiger partial charge in [0.2, 0.25) is 0 Å². The highest BCUT2D eigenvalue weighted by molar-refractivity contribution is 14.1. The number of benzene rings is 1. The summed E-state index contributed by atoms with van der Waals surface area (Å²) in [6.07, 6.45) is 0. The van der Waals surface area contributed by atoms with Crippen molar-refractivity contribution in [2.75, 3.05) is 0 Å². The molecular formula is C7H3INO4-. The molecule has 1 aromatic rings. The molecule has 0 aromatic heterocycles. The van der Waals surface area contributed by atoms with E-state index in [-0.39, 0.29) is 11.3 Å². The van der Waals surface area contributed by atoms with E-state index < -0.39 is 10.9 Å². The lowest BCUT2D eigenvalue weighted by Gasteiger charge is -2.02. The second-order valence-corrected chi connectivity index (χ2v) is 3.49. The molecule has 5 nitrogen and oxygen atoms in total. The van der Waals surface area contributed by atoms with Crippen LogP contribution in [0.1, 0.15) is 10.4 Å². The molecule has 0 N–H and O–H groups in total. The van der Waals surface area contributed by atoms with Crippen LogP contribution in [0.15, 0.2) is 18.2 Å². The Kier molecular flexibility index (Phi) is 2.81. The summed E-state index contributed by atoms with van der Waals surface area (Å²) in [6, 6.07) is 3.56. The summed E-state index contributed by atoms with van der Waals surface area (Å²) in [5.74, 6) is -1.42. The maximum Gasteiger partial charge on any atom is 0.271 e. The average molecular weight is 292 g/mol. The lowest BCUT2D eigenvalue weighted by atomic mass is 10.2. The number of carbonyl (C=O) groups excluding carboxylic acids is 1. The summed E-state index contributed by atoms with van der Waals surface area (Å²) in [4.78, 5) is 20.1. The molecular weight excluding hydrogens is 289 g/mol. The summed E-state index contributed by atoms with van der Waals surface area (Å²) in [7, 11) is 0. The van der Waals surface area contributed by atoms with E-state index in [0.29, 0.717) is 3.57 Å². The number of aromatic carboxylic acids is 1. The first-order valence-electron chi connectivity index (χ1n) is 3.17. The summed E-state index contributed by atoms with van der Waals surface area (Å²) in [5.41, 5.74) is -0.426. The first-order chi connectivity index (χ1) is 6.00. The second-order valence-electron chi connectivity index (χ2n) is 2.24. The number of carbonyl (C=O) groups is 1. The molecule has 0 bridgehead atoms. The van der Waals surface area contributed by atoms with Gasteiger partial charge in [-0.3, -0.25) is 10.1 Å². The lowest BCUT2D eigenvalue weighted by molar-refractivity contribution is -0.385. The molecule has 0 aliphatic rings. The van der Waals surface area contributed by atoms with E-state index in [1.165, 1.54) is 12.1 Å². The minimum Gasteiger partial charge on any atom is -0.545 e. The predicted octanol–water partition coefficient (Wildman–Crippen LogP) is 0.563. The number of non-ortho nitro benzene ring substituents is 1. The second kappa shape index (κ2) is 3.69. The monoisotopic (exact) mass is 292 g/mol. The van der Waals surface area contributed by atoms with E-state index in [9.17, 15) is 20.0 Å². The molecule has 0 aliphatic heterocycles. The number of nitro benzene ring substituents is 1. The number of nitrogens with zero attached hydrogens (tertiary/aromatic N) is 1. The van der Waals surface area contributed by atoms with E-state index >= 15 is 0 Å². The number of nitro groups is 1. The molecule has 68 valence electrons. The molecule has 1 aromatic carbocycles. The van der Waals surface area contributed by atoms with Gasteiger partial charge in [0.25, 0.3) is 5.69 Å². The molecule has 1 rings (SSSR count). The van der Waals surface area contributed by atoms with Crippen LogP contribution in [-0.4, -0.2) is 10.9 Å². The van der Waals surface area contributed by atoms with Gasteiger partial charge < -0.3 is 9.90 Å². The van der Waals surface area contributed by atoms with Crippen LogP contribution in [0.3, 0.4) is 0 Å². The Morgan fingerprint density at radius 1 is 1.38 bits per heavy atom. The van der Waals surface area contributed by atoms with Gasteiger partial charge in [-0.2, -0.15) is 0 Å². The highest BCUT2D eigenvalue weighted by Gasteiger charge is 2.08. The fourth-order valence-electron chi connectivity index (χ4n) is 0.797. The van der Waals surface area contributed by atoms with Gasteiger partial charge in [0.15, 0.2) is 0 Å². The van der Waals surface area contributed by atoms with Crippen LogP contribution in [0.25, 0.3) is 0 Å². The highest BCUT2D eigenvalue weighted by Crippen LogP contribution is 2.17. The fourth-order valence-corrected chi connectivity index (χ4v) is 1.45. The minimum absolute atomic E-state index is 0.182. The maximum absolute atomic E-state index is 10.4. The van der Waals surface area contributed by atoms with Crippen LogP contribution in [-0.2, 0) is 0 Å². The van der Waals surface area contributed by atoms with Gasteiger partial charge >= 0.3 is 0 Å². The van der Waals surface area contributed by atoms with Crippen molar-refractivity contribution < 1.29 is 14.8 Å². The van der Waals surface area contributed by atoms with Gasteiger partial charge in [-0.05, 0) is 28.7 Å². The van der Waals surface area contributed by atoms with Crippen LogP contribution < -0.4 is 5.11 Å². The third-order valence-corrected chi connectivity index (χ3v) is 1.95. The van der Waals surface area contributed by atoms with E-state index in [2.05, 4.69) is 0 Å². The van der Waals surface area contributed by atoms with Crippen molar-refractivity contribution in [3.05, 3.63) is 37.4 Å². The van der Waals surface area contributed by atoms with Gasteiger partial charge in [-0.25, -0.2) is 0 Å². The summed E-state index contributed by atoms with van der Waals surface area (Å²) in [6.45, 7) is 0. The van der Waals surface area contributed by atoms with Gasteiger partial charge in [0.05, 0.1) is 10.9 Å². The smallest absolute Gasteiger partial charge is 0.271 e. The fraction of sp³-hybridized carbons (Fsp3) is 0. The molecule has 0 atom stereocenters.